The van der Waals surface area contributed by atoms with Crippen molar-refractivity contribution >= 4 is 28.6 Å². The normalized spacial score (nSPS) is 17.8. The smallest absolute Gasteiger partial charge is 0.150 e. The number of thiophene rings is 1. The molecule has 1 N–H and O–H groups in total. The van der Waals surface area contributed by atoms with Crippen LogP contribution in [0.2, 0.25) is 5.02 Å². The minimum Gasteiger partial charge on any atom is -0.481 e. The molecule has 1 aromatic carbocycles. The Morgan fingerprint density at radius 2 is 2.28 bits per heavy atom. The van der Waals surface area contributed by atoms with Crippen LogP contribution in [0.5, 0.6) is 5.75 Å². The molecular weight excluding hydrogens is 266 g/mol. The van der Waals surface area contributed by atoms with Gasteiger partial charge in [-0.1, -0.05) is 18.5 Å². The van der Waals surface area contributed by atoms with E-state index in [9.17, 15) is 0 Å². The molecule has 2 nitrogen and oxygen atoms in total. The van der Waals surface area contributed by atoms with Crippen LogP contribution in [0.15, 0.2) is 30.3 Å². The van der Waals surface area contributed by atoms with E-state index in [1.54, 1.807) is 0 Å². The number of benzene rings is 1. The average Bonchev–Trinajstić information content (AvgIpc) is 2.87. The van der Waals surface area contributed by atoms with Crippen molar-refractivity contribution < 1.29 is 4.74 Å². The molecule has 0 bridgehead atoms. The summed E-state index contributed by atoms with van der Waals surface area (Å²) in [6.07, 6.45) is 1.18. The summed E-state index contributed by atoms with van der Waals surface area (Å²) in [5, 5.41) is 4.11. The van der Waals surface area contributed by atoms with Gasteiger partial charge in [0.05, 0.1) is 12.2 Å². The first-order chi connectivity index (χ1) is 8.76. The van der Waals surface area contributed by atoms with E-state index in [0.29, 0.717) is 0 Å². The summed E-state index contributed by atoms with van der Waals surface area (Å²) in [4.78, 5) is 2.68. The fourth-order valence-corrected chi connectivity index (χ4v) is 3.21. The molecule has 0 aliphatic carbocycles. The van der Waals surface area contributed by atoms with Crippen molar-refractivity contribution in [3.05, 3.63) is 45.1 Å². The summed E-state index contributed by atoms with van der Waals surface area (Å²) in [5.41, 5.74) is 0.978. The van der Waals surface area contributed by atoms with Gasteiger partial charge in [0.15, 0.2) is 6.10 Å². The minimum atomic E-state index is 0.101. The topological polar surface area (TPSA) is 21.3 Å². The number of hydrogen-bond acceptors (Lipinski definition) is 3. The van der Waals surface area contributed by atoms with Gasteiger partial charge in [0.2, 0.25) is 0 Å². The third-order valence-corrected chi connectivity index (χ3v) is 4.59. The van der Waals surface area contributed by atoms with Gasteiger partial charge in [0, 0.05) is 14.8 Å². The molecule has 0 radical (unpaired) electrons. The molecule has 0 fully saturated rings. The molecule has 4 heteroatoms. The lowest BCUT2D eigenvalue weighted by molar-refractivity contribution is 0.214. The van der Waals surface area contributed by atoms with Crippen molar-refractivity contribution in [2.24, 2.45) is 0 Å². The van der Waals surface area contributed by atoms with E-state index in [0.717, 1.165) is 29.4 Å². The van der Waals surface area contributed by atoms with Crippen LogP contribution in [0.3, 0.4) is 0 Å². The van der Waals surface area contributed by atoms with Crippen LogP contribution in [-0.4, -0.2) is 6.54 Å². The lowest BCUT2D eigenvalue weighted by Crippen LogP contribution is -2.22. The van der Waals surface area contributed by atoms with Crippen LogP contribution in [0, 0.1) is 0 Å². The van der Waals surface area contributed by atoms with Crippen LogP contribution in [0.25, 0.3) is 0 Å². The van der Waals surface area contributed by atoms with Crippen molar-refractivity contribution in [3.63, 3.8) is 0 Å². The van der Waals surface area contributed by atoms with Crippen molar-refractivity contribution in [1.82, 2.24) is 0 Å². The third kappa shape index (κ3) is 2.20. The molecule has 1 unspecified atom stereocenters. The third-order valence-electron chi connectivity index (χ3n) is 3.04. The molecule has 1 aliphatic rings. The Labute approximate surface area is 116 Å². The molecule has 0 spiro atoms. The highest BCUT2D eigenvalue weighted by Gasteiger charge is 2.22. The molecule has 94 valence electrons. The molecule has 2 aromatic rings. The van der Waals surface area contributed by atoms with E-state index in [4.69, 9.17) is 16.3 Å². The van der Waals surface area contributed by atoms with Gasteiger partial charge >= 0.3 is 0 Å². The van der Waals surface area contributed by atoms with Gasteiger partial charge in [0.1, 0.15) is 5.75 Å². The van der Waals surface area contributed by atoms with Gasteiger partial charge in [-0.15, -0.1) is 11.3 Å². The SMILES string of the molecule is CCc1ccc(C2CNc3cc(Cl)ccc3O2)s1. The highest BCUT2D eigenvalue weighted by molar-refractivity contribution is 7.12. The Morgan fingerprint density at radius 1 is 1.39 bits per heavy atom. The molecular formula is C14H14ClNOS. The monoisotopic (exact) mass is 279 g/mol. The second-order valence-electron chi connectivity index (χ2n) is 4.29. The Bertz CT molecular complexity index is 567. The zero-order valence-corrected chi connectivity index (χ0v) is 11.6. The molecule has 1 aromatic heterocycles. The number of halogens is 1. The number of fused-ring (bicyclic) bond motifs is 1. The highest BCUT2D eigenvalue weighted by Crippen LogP contribution is 2.37. The molecule has 1 atom stereocenters. The average molecular weight is 280 g/mol. The first-order valence-electron chi connectivity index (χ1n) is 6.05. The van der Waals surface area contributed by atoms with E-state index < -0.39 is 0 Å². The van der Waals surface area contributed by atoms with Crippen LogP contribution >= 0.6 is 22.9 Å². The van der Waals surface area contributed by atoms with E-state index in [-0.39, 0.29) is 6.10 Å². The largest absolute Gasteiger partial charge is 0.481 e. The maximum absolute atomic E-state index is 6.02. The van der Waals surface area contributed by atoms with Crippen molar-refractivity contribution in [2.75, 3.05) is 11.9 Å². The predicted octanol–water partition coefficient (Wildman–Crippen LogP) is 4.51. The lowest BCUT2D eigenvalue weighted by Gasteiger charge is -2.26. The summed E-state index contributed by atoms with van der Waals surface area (Å²) in [6, 6.07) is 10.0. The first kappa shape index (κ1) is 11.9. The number of ether oxygens (including phenoxy) is 1. The Balaban J connectivity index is 1.84. The summed E-state index contributed by atoms with van der Waals surface area (Å²) >= 11 is 7.78. The van der Waals surface area contributed by atoms with Gasteiger partial charge in [0.25, 0.3) is 0 Å². The van der Waals surface area contributed by atoms with E-state index in [1.165, 1.54) is 9.75 Å². The Morgan fingerprint density at radius 3 is 3.06 bits per heavy atom. The Hall–Kier alpha value is -1.19. The predicted molar refractivity (Wildman–Crippen MR) is 77.0 cm³/mol. The molecule has 3 rings (SSSR count). The maximum atomic E-state index is 6.02. The van der Waals surface area contributed by atoms with Gasteiger partial charge in [-0.3, -0.25) is 0 Å². The molecule has 0 saturated carbocycles. The summed E-state index contributed by atoms with van der Waals surface area (Å²) < 4.78 is 6.02. The standard InChI is InChI=1S/C14H14ClNOS/c1-2-10-4-6-14(18-10)13-8-16-11-7-9(15)3-5-12(11)17-13/h3-7,13,16H,2,8H2,1H3. The van der Waals surface area contributed by atoms with Crippen LogP contribution < -0.4 is 10.1 Å². The van der Waals surface area contributed by atoms with Gasteiger partial charge in [-0.2, -0.15) is 0 Å². The minimum absolute atomic E-state index is 0.101. The zero-order chi connectivity index (χ0) is 12.5. The van der Waals surface area contributed by atoms with Crippen molar-refractivity contribution in [2.45, 2.75) is 19.4 Å². The molecule has 2 heterocycles. The number of rotatable bonds is 2. The molecule has 18 heavy (non-hydrogen) atoms. The number of anilines is 1. The summed E-state index contributed by atoms with van der Waals surface area (Å²) in [7, 11) is 0. The van der Waals surface area contributed by atoms with Crippen LogP contribution in [0.1, 0.15) is 22.8 Å². The van der Waals surface area contributed by atoms with Gasteiger partial charge in [-0.25, -0.2) is 0 Å². The van der Waals surface area contributed by atoms with Crippen LogP contribution in [0.4, 0.5) is 5.69 Å². The van der Waals surface area contributed by atoms with Gasteiger partial charge in [-0.05, 0) is 36.8 Å². The number of aryl methyl sites for hydroxylation is 1. The van der Waals surface area contributed by atoms with Crippen molar-refractivity contribution in [3.8, 4) is 5.75 Å². The second-order valence-corrected chi connectivity index (χ2v) is 5.92. The summed E-state index contributed by atoms with van der Waals surface area (Å²) in [6.45, 7) is 2.96. The maximum Gasteiger partial charge on any atom is 0.150 e. The molecule has 0 saturated heterocycles. The number of nitrogens with one attached hydrogen (secondary N) is 1. The summed E-state index contributed by atoms with van der Waals surface area (Å²) in [5.74, 6) is 0.877. The second kappa shape index (κ2) is 4.82. The van der Waals surface area contributed by atoms with E-state index in [2.05, 4.69) is 24.4 Å². The van der Waals surface area contributed by atoms with E-state index >= 15 is 0 Å². The highest BCUT2D eigenvalue weighted by atomic mass is 35.5. The zero-order valence-electron chi connectivity index (χ0n) is 10.1. The quantitative estimate of drug-likeness (QED) is 0.873. The lowest BCUT2D eigenvalue weighted by atomic mass is 10.2. The van der Waals surface area contributed by atoms with Crippen molar-refractivity contribution in [1.29, 1.82) is 0 Å². The van der Waals surface area contributed by atoms with Crippen LogP contribution in [-0.2, 0) is 6.42 Å². The molecule has 1 aliphatic heterocycles. The molecule has 0 amide bonds. The number of hydrogen-bond donors (Lipinski definition) is 1. The fourth-order valence-electron chi connectivity index (χ4n) is 2.06. The fraction of sp³-hybridized carbons (Fsp3) is 0.286. The van der Waals surface area contributed by atoms with Gasteiger partial charge < -0.3 is 10.1 Å². The first-order valence-corrected chi connectivity index (χ1v) is 7.24. The van der Waals surface area contributed by atoms with E-state index in [1.807, 2.05) is 29.5 Å². The Kier molecular flexibility index (Phi) is 3.18.